The summed E-state index contributed by atoms with van der Waals surface area (Å²) in [5.74, 6) is -0.967. The van der Waals surface area contributed by atoms with E-state index in [2.05, 4.69) is 4.98 Å². The van der Waals surface area contributed by atoms with Crippen LogP contribution in [0.15, 0.2) is 30.6 Å². The normalized spacial score (nSPS) is 22.9. The number of piperidine rings is 1. The second-order valence-electron chi connectivity index (χ2n) is 6.34. The Bertz CT molecular complexity index is 726. The minimum Gasteiger partial charge on any atom is -0.481 e. The van der Waals surface area contributed by atoms with Crippen molar-refractivity contribution >= 4 is 17.5 Å². The highest BCUT2D eigenvalue weighted by atomic mass is 16.4. The lowest BCUT2D eigenvalue weighted by molar-refractivity contribution is -0.139. The van der Waals surface area contributed by atoms with E-state index in [1.807, 2.05) is 28.8 Å². The van der Waals surface area contributed by atoms with Gasteiger partial charge in [0, 0.05) is 25.5 Å². The van der Waals surface area contributed by atoms with E-state index < -0.39 is 5.97 Å². The number of aromatic nitrogens is 2. The lowest BCUT2D eigenvalue weighted by Gasteiger charge is -2.32. The first-order valence-corrected chi connectivity index (χ1v) is 7.55. The Kier molecular flexibility index (Phi) is 2.76. The molecule has 3 heterocycles. The van der Waals surface area contributed by atoms with Crippen LogP contribution < -0.4 is 0 Å². The zero-order chi connectivity index (χ0) is 15.3. The van der Waals surface area contributed by atoms with Gasteiger partial charge in [0.05, 0.1) is 5.92 Å². The molecule has 2 aliphatic rings. The van der Waals surface area contributed by atoms with E-state index in [1.54, 1.807) is 11.1 Å². The first-order chi connectivity index (χ1) is 10.6. The van der Waals surface area contributed by atoms with Crippen molar-refractivity contribution in [1.82, 2.24) is 14.3 Å². The largest absolute Gasteiger partial charge is 0.481 e. The monoisotopic (exact) mass is 299 g/mol. The van der Waals surface area contributed by atoms with Crippen LogP contribution in [0.4, 0.5) is 0 Å². The number of carboxylic acids is 1. The van der Waals surface area contributed by atoms with Crippen molar-refractivity contribution in [2.24, 2.45) is 11.3 Å². The van der Waals surface area contributed by atoms with Crippen LogP contribution in [0.2, 0.25) is 0 Å². The molecule has 1 spiro atoms. The van der Waals surface area contributed by atoms with Gasteiger partial charge < -0.3 is 14.4 Å². The van der Waals surface area contributed by atoms with E-state index in [-0.39, 0.29) is 17.2 Å². The highest BCUT2D eigenvalue weighted by Gasteiger charge is 2.59. The van der Waals surface area contributed by atoms with E-state index >= 15 is 0 Å². The standard InChI is InChI=1S/C16H17N3O3/c20-14(12-10-19-6-2-1-3-13(19)17-12)18-7-4-16(5-8-18)9-11(16)15(21)22/h1-3,6,10-11H,4-5,7-9H2,(H,21,22). The van der Waals surface area contributed by atoms with Gasteiger partial charge in [-0.05, 0) is 36.8 Å². The van der Waals surface area contributed by atoms with Crippen molar-refractivity contribution in [1.29, 1.82) is 0 Å². The van der Waals surface area contributed by atoms with E-state index in [4.69, 9.17) is 5.11 Å². The van der Waals surface area contributed by atoms with Crippen molar-refractivity contribution < 1.29 is 14.7 Å². The first kappa shape index (κ1) is 13.3. The number of imidazole rings is 1. The average Bonchev–Trinajstić information content (AvgIpc) is 3.06. The summed E-state index contributed by atoms with van der Waals surface area (Å²) in [6, 6.07) is 5.65. The van der Waals surface area contributed by atoms with E-state index in [1.165, 1.54) is 0 Å². The maximum absolute atomic E-state index is 12.5. The van der Waals surface area contributed by atoms with Crippen molar-refractivity contribution in [2.45, 2.75) is 19.3 Å². The number of amides is 1. The van der Waals surface area contributed by atoms with Crippen LogP contribution in [0.25, 0.3) is 5.65 Å². The van der Waals surface area contributed by atoms with Gasteiger partial charge in [-0.1, -0.05) is 6.07 Å². The zero-order valence-electron chi connectivity index (χ0n) is 12.1. The Morgan fingerprint density at radius 1 is 1.27 bits per heavy atom. The molecule has 1 saturated heterocycles. The SMILES string of the molecule is O=C(O)C1CC12CCN(C(=O)c1cn3ccccc3n1)CC2. The number of rotatable bonds is 2. The predicted octanol–water partition coefficient (Wildman–Crippen LogP) is 1.66. The van der Waals surface area contributed by atoms with Gasteiger partial charge in [-0.25, -0.2) is 4.98 Å². The summed E-state index contributed by atoms with van der Waals surface area (Å²) in [7, 11) is 0. The molecule has 2 fully saturated rings. The van der Waals surface area contributed by atoms with E-state index in [0.717, 1.165) is 24.9 Å². The van der Waals surface area contributed by atoms with Crippen LogP contribution in [0, 0.1) is 11.3 Å². The topological polar surface area (TPSA) is 74.9 Å². The van der Waals surface area contributed by atoms with Crippen molar-refractivity contribution in [3.05, 3.63) is 36.3 Å². The summed E-state index contributed by atoms with van der Waals surface area (Å²) in [6.45, 7) is 1.24. The third-order valence-corrected chi connectivity index (χ3v) is 5.12. The van der Waals surface area contributed by atoms with E-state index in [9.17, 15) is 9.59 Å². The molecule has 4 rings (SSSR count). The van der Waals surface area contributed by atoms with Crippen LogP contribution in [-0.2, 0) is 4.79 Å². The lowest BCUT2D eigenvalue weighted by Crippen LogP contribution is -2.40. The number of carbonyl (C=O) groups excluding carboxylic acids is 1. The summed E-state index contributed by atoms with van der Waals surface area (Å²) < 4.78 is 1.83. The van der Waals surface area contributed by atoms with Crippen molar-refractivity contribution in [3.8, 4) is 0 Å². The van der Waals surface area contributed by atoms with Crippen LogP contribution in [0.1, 0.15) is 29.8 Å². The van der Waals surface area contributed by atoms with Gasteiger partial charge in [-0.2, -0.15) is 0 Å². The molecule has 1 aliphatic carbocycles. The molecule has 1 N–H and O–H groups in total. The number of nitrogens with zero attached hydrogens (tertiary/aromatic N) is 3. The molecular formula is C16H17N3O3. The zero-order valence-corrected chi connectivity index (χ0v) is 12.1. The molecule has 1 amide bonds. The second kappa shape index (κ2) is 4.56. The summed E-state index contributed by atoms with van der Waals surface area (Å²) >= 11 is 0. The molecule has 114 valence electrons. The number of hydrogen-bond donors (Lipinski definition) is 1. The van der Waals surface area contributed by atoms with Crippen LogP contribution in [-0.4, -0.2) is 44.4 Å². The molecule has 2 aromatic heterocycles. The maximum Gasteiger partial charge on any atom is 0.307 e. The number of likely N-dealkylation sites (tertiary alicyclic amines) is 1. The van der Waals surface area contributed by atoms with Crippen molar-refractivity contribution in [3.63, 3.8) is 0 Å². The third kappa shape index (κ3) is 1.98. The number of fused-ring (bicyclic) bond motifs is 1. The fourth-order valence-corrected chi connectivity index (χ4v) is 3.60. The number of carboxylic acid groups (broad SMARTS) is 1. The van der Waals surface area contributed by atoms with Gasteiger partial charge in [0.25, 0.3) is 5.91 Å². The highest BCUT2D eigenvalue weighted by molar-refractivity contribution is 5.93. The summed E-state index contributed by atoms with van der Waals surface area (Å²) in [4.78, 5) is 29.8. The fraction of sp³-hybridized carbons (Fsp3) is 0.438. The molecule has 6 nitrogen and oxygen atoms in total. The fourth-order valence-electron chi connectivity index (χ4n) is 3.60. The second-order valence-corrected chi connectivity index (χ2v) is 6.34. The number of pyridine rings is 1. The Hall–Kier alpha value is -2.37. The molecule has 2 aromatic rings. The minimum atomic E-state index is -0.694. The van der Waals surface area contributed by atoms with Crippen LogP contribution >= 0.6 is 0 Å². The van der Waals surface area contributed by atoms with E-state index in [0.29, 0.717) is 18.8 Å². The number of hydrogen-bond acceptors (Lipinski definition) is 3. The van der Waals surface area contributed by atoms with Crippen LogP contribution in [0.3, 0.4) is 0 Å². The molecular weight excluding hydrogens is 282 g/mol. The predicted molar refractivity (Wildman–Crippen MR) is 78.5 cm³/mol. The molecule has 1 aliphatic heterocycles. The van der Waals surface area contributed by atoms with Gasteiger partial charge in [0.15, 0.2) is 0 Å². The Morgan fingerprint density at radius 3 is 2.68 bits per heavy atom. The van der Waals surface area contributed by atoms with Gasteiger partial charge in [0.2, 0.25) is 0 Å². The number of carbonyl (C=O) groups is 2. The molecule has 22 heavy (non-hydrogen) atoms. The summed E-state index contributed by atoms with van der Waals surface area (Å²) in [5, 5.41) is 9.11. The molecule has 0 radical (unpaired) electrons. The lowest BCUT2D eigenvalue weighted by atomic mass is 9.90. The third-order valence-electron chi connectivity index (χ3n) is 5.12. The van der Waals surface area contributed by atoms with Gasteiger partial charge in [0.1, 0.15) is 11.3 Å². The molecule has 1 unspecified atom stereocenters. The first-order valence-electron chi connectivity index (χ1n) is 7.55. The van der Waals surface area contributed by atoms with Crippen LogP contribution in [0.5, 0.6) is 0 Å². The molecule has 6 heteroatoms. The van der Waals surface area contributed by atoms with Gasteiger partial charge in [-0.15, -0.1) is 0 Å². The summed E-state index contributed by atoms with van der Waals surface area (Å²) in [6.07, 6.45) is 5.94. The Balaban J connectivity index is 1.47. The number of aliphatic carboxylic acids is 1. The molecule has 1 atom stereocenters. The molecule has 0 aromatic carbocycles. The van der Waals surface area contributed by atoms with Gasteiger partial charge in [-0.3, -0.25) is 9.59 Å². The highest BCUT2D eigenvalue weighted by Crippen LogP contribution is 2.59. The van der Waals surface area contributed by atoms with Gasteiger partial charge >= 0.3 is 5.97 Å². The quantitative estimate of drug-likeness (QED) is 0.915. The van der Waals surface area contributed by atoms with Crippen molar-refractivity contribution in [2.75, 3.05) is 13.1 Å². The summed E-state index contributed by atoms with van der Waals surface area (Å²) in [5.41, 5.74) is 1.15. The molecule has 1 saturated carbocycles. The Labute approximate surface area is 127 Å². The Morgan fingerprint density at radius 2 is 2.05 bits per heavy atom. The minimum absolute atomic E-state index is 0.0540. The smallest absolute Gasteiger partial charge is 0.307 e. The average molecular weight is 299 g/mol. The molecule has 0 bridgehead atoms. The maximum atomic E-state index is 12.5.